The van der Waals surface area contributed by atoms with Gasteiger partial charge < -0.3 is 5.11 Å². The smallest absolute Gasteiger partial charge is 0.331 e. The molecule has 0 fully saturated rings. The van der Waals surface area contributed by atoms with Crippen LogP contribution in [0.5, 0.6) is 0 Å². The lowest BCUT2D eigenvalue weighted by Crippen LogP contribution is -2.22. The van der Waals surface area contributed by atoms with E-state index in [1.54, 1.807) is 18.2 Å². The van der Waals surface area contributed by atoms with Crippen molar-refractivity contribution >= 4 is 11.7 Å². The summed E-state index contributed by atoms with van der Waals surface area (Å²) in [7, 11) is 0. The molecule has 1 aromatic carbocycles. The molecule has 7 nitrogen and oxygen atoms in total. The first kappa shape index (κ1) is 13.1. The molecule has 0 radical (unpaired) electrons. The summed E-state index contributed by atoms with van der Waals surface area (Å²) in [6, 6.07) is 6.38. The maximum atomic E-state index is 10.7. The van der Waals surface area contributed by atoms with Crippen molar-refractivity contribution in [2.75, 3.05) is 13.2 Å². The number of benzene rings is 1. The number of carbonyl (C=O) groups is 1. The lowest BCUT2D eigenvalue weighted by Gasteiger charge is -2.04. The normalized spacial score (nSPS) is 10.1. The molecule has 0 aliphatic rings. The monoisotopic (exact) mass is 240 g/mol. The quantitative estimate of drug-likeness (QED) is 0.414. The second-order valence-corrected chi connectivity index (χ2v) is 3.21. The van der Waals surface area contributed by atoms with Crippen molar-refractivity contribution in [2.45, 2.75) is 6.42 Å². The van der Waals surface area contributed by atoms with E-state index in [9.17, 15) is 14.9 Å². The highest BCUT2D eigenvalue weighted by Gasteiger charge is 2.11. The van der Waals surface area contributed by atoms with Crippen molar-refractivity contribution in [3.8, 4) is 0 Å². The molecule has 0 saturated heterocycles. The number of carboxylic acid groups (broad SMARTS) is 1. The zero-order chi connectivity index (χ0) is 12.7. The summed E-state index contributed by atoms with van der Waals surface area (Å²) >= 11 is 0. The van der Waals surface area contributed by atoms with Gasteiger partial charge in [0, 0.05) is 18.2 Å². The fraction of sp³-hybridized carbons (Fsp3) is 0.300. The maximum absolute atomic E-state index is 10.7. The third-order valence-electron chi connectivity index (χ3n) is 1.98. The summed E-state index contributed by atoms with van der Waals surface area (Å²) in [6.45, 7) is -0.144. The van der Waals surface area contributed by atoms with Gasteiger partial charge in [0.25, 0.3) is 5.69 Å². The number of hydrogen-bond donors (Lipinski definition) is 2. The van der Waals surface area contributed by atoms with Gasteiger partial charge in [0.2, 0.25) is 0 Å². The van der Waals surface area contributed by atoms with E-state index in [0.717, 1.165) is 0 Å². The maximum Gasteiger partial charge on any atom is 0.331 e. The number of hydrogen-bond acceptors (Lipinski definition) is 5. The highest BCUT2D eigenvalue weighted by Crippen LogP contribution is 2.17. The number of nitrogens with zero attached hydrogens (tertiary/aromatic N) is 1. The molecule has 1 aromatic rings. The Bertz CT molecular complexity index is 407. The highest BCUT2D eigenvalue weighted by molar-refractivity contribution is 5.67. The van der Waals surface area contributed by atoms with Crippen LogP contribution in [0.4, 0.5) is 5.69 Å². The van der Waals surface area contributed by atoms with Crippen LogP contribution < -0.4 is 5.48 Å². The van der Waals surface area contributed by atoms with Crippen molar-refractivity contribution in [1.82, 2.24) is 5.48 Å². The minimum absolute atomic E-state index is 0.0486. The van der Waals surface area contributed by atoms with E-state index >= 15 is 0 Å². The number of rotatable bonds is 7. The van der Waals surface area contributed by atoms with E-state index in [4.69, 9.17) is 5.11 Å². The Balaban J connectivity index is 2.41. The summed E-state index contributed by atoms with van der Waals surface area (Å²) in [5, 5.41) is 19.0. The van der Waals surface area contributed by atoms with Gasteiger partial charge in [-0.05, 0) is 6.42 Å². The lowest BCUT2D eigenvalue weighted by atomic mass is 10.1. The Morgan fingerprint density at radius 1 is 1.47 bits per heavy atom. The predicted molar refractivity (Wildman–Crippen MR) is 58.4 cm³/mol. The van der Waals surface area contributed by atoms with Gasteiger partial charge >= 0.3 is 5.97 Å². The highest BCUT2D eigenvalue weighted by atomic mass is 16.7. The number of carboxylic acids is 1. The van der Waals surface area contributed by atoms with Gasteiger partial charge in [-0.1, -0.05) is 18.2 Å². The first-order valence-electron chi connectivity index (χ1n) is 4.90. The molecule has 92 valence electrons. The molecule has 0 aromatic heterocycles. The van der Waals surface area contributed by atoms with Crippen LogP contribution in [0.25, 0.3) is 0 Å². The predicted octanol–water partition coefficient (Wildman–Crippen LogP) is 0.743. The average molecular weight is 240 g/mol. The number of aliphatic carboxylic acids is 1. The third-order valence-corrected chi connectivity index (χ3v) is 1.98. The summed E-state index contributed by atoms with van der Waals surface area (Å²) in [5.74, 6) is -1.08. The van der Waals surface area contributed by atoms with Crippen LogP contribution in [-0.2, 0) is 16.1 Å². The zero-order valence-electron chi connectivity index (χ0n) is 8.96. The van der Waals surface area contributed by atoms with Crippen LogP contribution in [0.1, 0.15) is 5.56 Å². The van der Waals surface area contributed by atoms with Crippen LogP contribution in [0.3, 0.4) is 0 Å². The van der Waals surface area contributed by atoms with E-state index in [-0.39, 0.29) is 5.69 Å². The Hall–Kier alpha value is -1.99. The van der Waals surface area contributed by atoms with Crippen molar-refractivity contribution in [1.29, 1.82) is 0 Å². The second-order valence-electron chi connectivity index (χ2n) is 3.21. The molecule has 2 N–H and O–H groups in total. The van der Waals surface area contributed by atoms with E-state index in [2.05, 4.69) is 10.3 Å². The molecule has 7 heteroatoms. The molecule has 0 amide bonds. The fourth-order valence-corrected chi connectivity index (χ4v) is 1.27. The molecule has 0 heterocycles. The Kier molecular flexibility index (Phi) is 5.05. The summed E-state index contributed by atoms with van der Waals surface area (Å²) in [4.78, 5) is 24.9. The summed E-state index contributed by atoms with van der Waals surface area (Å²) in [5.41, 5.74) is 3.05. The van der Waals surface area contributed by atoms with Gasteiger partial charge in [0.1, 0.15) is 0 Å². The van der Waals surface area contributed by atoms with Crippen LogP contribution in [0, 0.1) is 10.1 Å². The zero-order valence-corrected chi connectivity index (χ0v) is 8.96. The van der Waals surface area contributed by atoms with Crippen LogP contribution in [0.2, 0.25) is 0 Å². The van der Waals surface area contributed by atoms with Gasteiger partial charge in [-0.2, -0.15) is 0 Å². The first-order valence-corrected chi connectivity index (χ1v) is 4.90. The number of para-hydroxylation sites is 1. The second kappa shape index (κ2) is 6.56. The van der Waals surface area contributed by atoms with Crippen molar-refractivity contribution in [2.24, 2.45) is 0 Å². The molecule has 0 saturated carbocycles. The van der Waals surface area contributed by atoms with E-state index < -0.39 is 17.5 Å². The third kappa shape index (κ3) is 4.58. The topological polar surface area (TPSA) is 102 Å². The largest absolute Gasteiger partial charge is 0.479 e. The molecular weight excluding hydrogens is 228 g/mol. The van der Waals surface area contributed by atoms with Gasteiger partial charge in [0.15, 0.2) is 6.61 Å². The summed E-state index contributed by atoms with van der Waals surface area (Å²) in [6.07, 6.45) is 0.386. The minimum Gasteiger partial charge on any atom is -0.479 e. The van der Waals surface area contributed by atoms with Crippen molar-refractivity contribution in [3.63, 3.8) is 0 Å². The van der Waals surface area contributed by atoms with Crippen molar-refractivity contribution in [3.05, 3.63) is 39.9 Å². The number of hydroxylamine groups is 1. The molecular formula is C10H12N2O5. The molecule has 0 aliphatic heterocycles. The van der Waals surface area contributed by atoms with E-state index in [1.807, 2.05) is 0 Å². The van der Waals surface area contributed by atoms with E-state index in [0.29, 0.717) is 18.5 Å². The Labute approximate surface area is 97.1 Å². The van der Waals surface area contributed by atoms with Gasteiger partial charge in [-0.25, -0.2) is 10.3 Å². The van der Waals surface area contributed by atoms with Gasteiger partial charge in [-0.3, -0.25) is 15.0 Å². The minimum atomic E-state index is -1.08. The molecule has 0 aliphatic carbocycles. The molecule has 0 bridgehead atoms. The number of nitro benzene ring substituents is 1. The Morgan fingerprint density at radius 2 is 2.18 bits per heavy atom. The van der Waals surface area contributed by atoms with E-state index in [1.165, 1.54) is 6.07 Å². The van der Waals surface area contributed by atoms with Gasteiger partial charge in [-0.15, -0.1) is 0 Å². The van der Waals surface area contributed by atoms with Crippen LogP contribution >= 0.6 is 0 Å². The Morgan fingerprint density at radius 3 is 2.82 bits per heavy atom. The fourth-order valence-electron chi connectivity index (χ4n) is 1.27. The SMILES string of the molecule is O=C(O)CONCCc1ccccc1[N+](=O)[O-]. The average Bonchev–Trinajstić information content (AvgIpc) is 2.28. The van der Waals surface area contributed by atoms with Crippen molar-refractivity contribution < 1.29 is 19.7 Å². The number of nitrogens with one attached hydrogen (secondary N) is 1. The molecule has 17 heavy (non-hydrogen) atoms. The molecule has 1 rings (SSSR count). The standard InChI is InChI=1S/C10H12N2O5/c13-10(14)7-17-11-6-5-8-3-1-2-4-9(8)12(15)16/h1-4,11H,5-7H2,(H,13,14). The lowest BCUT2D eigenvalue weighted by molar-refractivity contribution is -0.385. The first-order chi connectivity index (χ1) is 8.11. The van der Waals surface area contributed by atoms with Gasteiger partial charge in [0.05, 0.1) is 4.92 Å². The van der Waals surface area contributed by atoms with Crippen LogP contribution in [0.15, 0.2) is 24.3 Å². The van der Waals surface area contributed by atoms with Crippen LogP contribution in [-0.4, -0.2) is 29.2 Å². The number of nitro groups is 1. The summed E-state index contributed by atoms with van der Waals surface area (Å²) < 4.78 is 0. The molecule has 0 spiro atoms. The molecule has 0 atom stereocenters. The molecule has 0 unspecified atom stereocenters.